The van der Waals surface area contributed by atoms with Crippen LogP contribution >= 0.6 is 0 Å². The quantitative estimate of drug-likeness (QED) is 0.485. The van der Waals surface area contributed by atoms with Gasteiger partial charge in [0.05, 0.1) is 14.2 Å². The average molecular weight is 402 g/mol. The van der Waals surface area contributed by atoms with Gasteiger partial charge in [-0.05, 0) is 77.9 Å². The van der Waals surface area contributed by atoms with E-state index in [-0.39, 0.29) is 16.0 Å². The molecule has 0 saturated heterocycles. The second kappa shape index (κ2) is 7.94. The minimum atomic E-state index is -0.107. The summed E-state index contributed by atoms with van der Waals surface area (Å²) < 4.78 is 5.82. The number of pyridine rings is 1. The van der Waals surface area contributed by atoms with Gasteiger partial charge in [0.15, 0.2) is 0 Å². The van der Waals surface area contributed by atoms with E-state index in [1.165, 1.54) is 0 Å². The van der Waals surface area contributed by atoms with Crippen LogP contribution < -0.4 is 15.4 Å². The molecule has 1 fully saturated rings. The van der Waals surface area contributed by atoms with Crippen molar-refractivity contribution in [2.24, 2.45) is 0 Å². The number of nitrogens with one attached hydrogen (secondary N) is 2. The molecule has 5 nitrogen and oxygen atoms in total. The molecule has 3 aromatic rings. The lowest BCUT2D eigenvalue weighted by atomic mass is 9.90. The van der Waals surface area contributed by atoms with Gasteiger partial charge in [0.2, 0.25) is 0 Å². The highest BCUT2D eigenvalue weighted by molar-refractivity contribution is 5.79. The molecular formula is C25H26N2O3. The number of benzene rings is 2. The number of hydrogen-bond acceptors (Lipinski definition) is 3. The Balaban J connectivity index is 1.80. The lowest BCUT2D eigenvalue weighted by Crippen LogP contribution is -2.98. The van der Waals surface area contributed by atoms with E-state index in [0.717, 1.165) is 40.8 Å². The number of hydrogen-bond donors (Lipinski definition) is 2. The fraction of sp³-hybridized carbons (Fsp3) is 0.240. The summed E-state index contributed by atoms with van der Waals surface area (Å²) in [4.78, 5) is 15.2. The minimum Gasteiger partial charge on any atom is -0.629 e. The van der Waals surface area contributed by atoms with Crippen molar-refractivity contribution in [3.63, 3.8) is 0 Å². The highest BCUT2D eigenvalue weighted by Gasteiger charge is 2.42. The van der Waals surface area contributed by atoms with Gasteiger partial charge in [-0.2, -0.15) is 0 Å². The van der Waals surface area contributed by atoms with Gasteiger partial charge >= 0.3 is 0 Å². The molecule has 4 rings (SSSR count). The molecule has 1 heterocycles. The number of ether oxygens (including phenoxy) is 1. The van der Waals surface area contributed by atoms with Crippen molar-refractivity contribution in [3.8, 4) is 16.9 Å². The first-order chi connectivity index (χ1) is 14.4. The van der Waals surface area contributed by atoms with Crippen LogP contribution in [-0.2, 0) is 5.41 Å². The first-order valence-corrected chi connectivity index (χ1v) is 10.1. The molecule has 2 aromatic carbocycles. The maximum absolute atomic E-state index is 12.4. The number of aromatic nitrogens is 1. The van der Waals surface area contributed by atoms with Crippen LogP contribution in [0.3, 0.4) is 0 Å². The van der Waals surface area contributed by atoms with Gasteiger partial charge in [0, 0.05) is 22.9 Å². The van der Waals surface area contributed by atoms with E-state index in [0.29, 0.717) is 11.3 Å². The van der Waals surface area contributed by atoms with Gasteiger partial charge in [0.25, 0.3) is 5.56 Å². The summed E-state index contributed by atoms with van der Waals surface area (Å²) >= 11 is 0. The van der Waals surface area contributed by atoms with Gasteiger partial charge in [-0.3, -0.25) is 4.79 Å². The van der Waals surface area contributed by atoms with Gasteiger partial charge in [0.1, 0.15) is 11.4 Å². The summed E-state index contributed by atoms with van der Waals surface area (Å²) in [6, 6.07) is 15.3. The van der Waals surface area contributed by atoms with E-state index >= 15 is 0 Å². The van der Waals surface area contributed by atoms with Gasteiger partial charge < -0.3 is 20.0 Å². The monoisotopic (exact) mass is 402 g/mol. The van der Waals surface area contributed by atoms with Crippen LogP contribution in [-0.4, -0.2) is 19.1 Å². The van der Waals surface area contributed by atoms with E-state index in [2.05, 4.69) is 18.0 Å². The molecule has 1 aliphatic carbocycles. The molecule has 154 valence electrons. The highest BCUT2D eigenvalue weighted by atomic mass is 16.5. The zero-order valence-electron chi connectivity index (χ0n) is 17.5. The van der Waals surface area contributed by atoms with E-state index < -0.39 is 0 Å². The van der Waals surface area contributed by atoms with Crippen LogP contribution in [0.2, 0.25) is 0 Å². The number of H-pyrrole nitrogens is 1. The summed E-state index contributed by atoms with van der Waals surface area (Å²) in [5.74, 6) is 0.850. The Labute approximate surface area is 176 Å². The topological polar surface area (TPSA) is 69.6 Å². The predicted octanol–water partition coefficient (Wildman–Crippen LogP) is 3.92. The van der Waals surface area contributed by atoms with Crippen LogP contribution in [0.25, 0.3) is 23.3 Å². The number of aromatic amines is 1. The van der Waals surface area contributed by atoms with Crippen LogP contribution in [0.4, 0.5) is 5.69 Å². The second-order valence-electron chi connectivity index (χ2n) is 8.13. The van der Waals surface area contributed by atoms with Crippen LogP contribution in [0, 0.1) is 5.21 Å². The maximum Gasteiger partial charge on any atom is 0.255 e. The van der Waals surface area contributed by atoms with Crippen LogP contribution in [0.15, 0.2) is 59.5 Å². The lowest BCUT2D eigenvalue weighted by molar-refractivity contribution is -0.751. The van der Waals surface area contributed by atoms with Crippen LogP contribution in [0.5, 0.6) is 5.75 Å². The minimum absolute atomic E-state index is 0.0512. The number of rotatable bonds is 6. The Morgan fingerprint density at radius 3 is 2.47 bits per heavy atom. The Bertz CT molecular complexity index is 1140. The third-order valence-electron chi connectivity index (χ3n) is 5.87. The molecule has 1 aromatic heterocycles. The number of methoxy groups -OCH3 is 1. The normalized spacial score (nSPS) is 15.9. The Morgan fingerprint density at radius 2 is 1.87 bits per heavy atom. The molecule has 0 amide bonds. The first kappa shape index (κ1) is 20.1. The molecule has 1 unspecified atom stereocenters. The lowest BCUT2D eigenvalue weighted by Gasteiger charge is -2.19. The average Bonchev–Trinajstić information content (AvgIpc) is 3.50. The molecule has 0 bridgehead atoms. The number of hydroxylamine groups is 1. The number of quaternary nitrogens is 1. The molecule has 1 saturated carbocycles. The van der Waals surface area contributed by atoms with Crippen LogP contribution in [0.1, 0.15) is 36.5 Å². The van der Waals surface area contributed by atoms with E-state index in [1.54, 1.807) is 20.4 Å². The Morgan fingerprint density at radius 1 is 1.13 bits per heavy atom. The largest absolute Gasteiger partial charge is 0.629 e. The molecule has 0 radical (unpaired) electrons. The van der Waals surface area contributed by atoms with Crippen molar-refractivity contribution < 1.29 is 9.80 Å². The zero-order valence-corrected chi connectivity index (χ0v) is 17.5. The fourth-order valence-electron chi connectivity index (χ4n) is 3.73. The van der Waals surface area contributed by atoms with Gasteiger partial charge in [-0.1, -0.05) is 19.1 Å². The summed E-state index contributed by atoms with van der Waals surface area (Å²) in [6.45, 7) is 2.23. The second-order valence-corrected chi connectivity index (χ2v) is 8.13. The van der Waals surface area contributed by atoms with Crippen molar-refractivity contribution >= 4 is 17.8 Å². The van der Waals surface area contributed by atoms with Crippen molar-refractivity contribution in [1.82, 2.24) is 4.98 Å². The predicted molar refractivity (Wildman–Crippen MR) is 121 cm³/mol. The third kappa shape index (κ3) is 3.95. The van der Waals surface area contributed by atoms with Gasteiger partial charge in [-0.15, -0.1) is 0 Å². The molecule has 30 heavy (non-hydrogen) atoms. The van der Waals surface area contributed by atoms with E-state index in [1.807, 2.05) is 54.6 Å². The van der Waals surface area contributed by atoms with E-state index in [4.69, 9.17) is 4.74 Å². The molecular weight excluding hydrogens is 376 g/mol. The third-order valence-corrected chi connectivity index (χ3v) is 5.87. The smallest absolute Gasteiger partial charge is 0.255 e. The standard InChI is InChI=1S/C25H26N2O3/c1-25(12-13-25)22-16-19(21-5-4-14-26-24(21)28)15-18(23(22)30-3)9-6-17-7-10-20(11-8-17)27(2)29/h4-11,14-16,27H,12-13H2,1-3H3,(H,26,28)/b9-6+. The zero-order chi connectivity index (χ0) is 21.3. The SMILES string of the molecule is COc1c(/C=C/c2ccc([NH+](C)[O-])cc2)cc(-c2ccc[nH]c2=O)cc1C1(C)CC1. The Hall–Kier alpha value is -3.15. The molecule has 0 spiro atoms. The van der Waals surface area contributed by atoms with Crippen molar-refractivity contribution in [2.75, 3.05) is 14.2 Å². The molecule has 0 aliphatic heterocycles. The summed E-state index contributed by atoms with van der Waals surface area (Å²) in [7, 11) is 3.26. The maximum atomic E-state index is 12.4. The molecule has 1 aliphatic rings. The highest BCUT2D eigenvalue weighted by Crippen LogP contribution is 2.52. The molecule has 1 atom stereocenters. The van der Waals surface area contributed by atoms with Gasteiger partial charge in [-0.25, -0.2) is 0 Å². The van der Waals surface area contributed by atoms with E-state index in [9.17, 15) is 10.0 Å². The molecule has 5 heteroatoms. The molecule has 2 N–H and O–H groups in total. The van der Waals surface area contributed by atoms with Crippen molar-refractivity contribution in [3.05, 3.63) is 87.0 Å². The summed E-state index contributed by atoms with van der Waals surface area (Å²) in [5.41, 5.74) is 5.24. The van der Waals surface area contributed by atoms with Crippen molar-refractivity contribution in [1.29, 1.82) is 0 Å². The summed E-state index contributed by atoms with van der Waals surface area (Å²) in [5, 5.41) is 11.5. The summed E-state index contributed by atoms with van der Waals surface area (Å²) in [6.07, 6.45) is 7.86. The van der Waals surface area contributed by atoms with Crippen molar-refractivity contribution in [2.45, 2.75) is 25.2 Å². The Kier molecular flexibility index (Phi) is 5.33. The first-order valence-electron chi connectivity index (χ1n) is 10.1. The fourth-order valence-corrected chi connectivity index (χ4v) is 3.73.